The standard InChI is InChI=1S/C15H22N6.HI/c1-12-13(11-20-21-12)5-4-9-18-15(16)19-10-7-14-6-2-3-8-17-14;/h2-3,6,8,11H,4-5,7,9-10H2,1H3,(H,20,21)(H3,16,18,19);1H. The number of H-pyrrole nitrogens is 1. The molecule has 0 bridgehead atoms. The summed E-state index contributed by atoms with van der Waals surface area (Å²) in [5, 5.41) is 10.0. The molecule has 0 aromatic carbocycles. The molecule has 0 aliphatic rings. The molecular weight excluding hydrogens is 391 g/mol. The van der Waals surface area contributed by atoms with Gasteiger partial charge in [-0.05, 0) is 37.5 Å². The van der Waals surface area contributed by atoms with E-state index in [1.807, 2.05) is 31.3 Å². The molecule has 120 valence electrons. The van der Waals surface area contributed by atoms with Gasteiger partial charge in [-0.15, -0.1) is 24.0 Å². The molecule has 7 heteroatoms. The van der Waals surface area contributed by atoms with Crippen molar-refractivity contribution < 1.29 is 0 Å². The zero-order valence-corrected chi connectivity index (χ0v) is 15.1. The molecule has 2 rings (SSSR count). The summed E-state index contributed by atoms with van der Waals surface area (Å²) >= 11 is 0. The van der Waals surface area contributed by atoms with Crippen LogP contribution in [0.3, 0.4) is 0 Å². The average molecular weight is 414 g/mol. The Morgan fingerprint density at radius 3 is 2.91 bits per heavy atom. The summed E-state index contributed by atoms with van der Waals surface area (Å²) in [4.78, 5) is 8.57. The summed E-state index contributed by atoms with van der Waals surface area (Å²) in [6, 6.07) is 5.90. The van der Waals surface area contributed by atoms with E-state index in [0.29, 0.717) is 12.5 Å². The van der Waals surface area contributed by atoms with Crippen LogP contribution in [0.25, 0.3) is 0 Å². The number of nitrogens with one attached hydrogen (secondary N) is 2. The van der Waals surface area contributed by atoms with Gasteiger partial charge < -0.3 is 11.1 Å². The predicted octanol–water partition coefficient (Wildman–Crippen LogP) is 1.81. The average Bonchev–Trinajstić information content (AvgIpc) is 2.90. The number of guanidine groups is 1. The molecule has 0 amide bonds. The second-order valence-electron chi connectivity index (χ2n) is 4.89. The Morgan fingerprint density at radius 1 is 1.36 bits per heavy atom. The number of aromatic nitrogens is 3. The zero-order chi connectivity index (χ0) is 14.9. The van der Waals surface area contributed by atoms with Gasteiger partial charge in [0.05, 0.1) is 6.20 Å². The summed E-state index contributed by atoms with van der Waals surface area (Å²) in [7, 11) is 0. The highest BCUT2D eigenvalue weighted by Crippen LogP contribution is 2.05. The first-order valence-electron chi connectivity index (χ1n) is 7.18. The van der Waals surface area contributed by atoms with E-state index in [9.17, 15) is 0 Å². The quantitative estimate of drug-likeness (QED) is 0.279. The monoisotopic (exact) mass is 414 g/mol. The molecule has 0 radical (unpaired) electrons. The minimum atomic E-state index is 0. The molecule has 0 atom stereocenters. The van der Waals surface area contributed by atoms with Crippen LogP contribution in [-0.2, 0) is 12.8 Å². The van der Waals surface area contributed by atoms with E-state index in [1.54, 1.807) is 6.20 Å². The van der Waals surface area contributed by atoms with Crippen molar-refractivity contribution >= 4 is 29.9 Å². The maximum absolute atomic E-state index is 5.83. The van der Waals surface area contributed by atoms with Gasteiger partial charge in [-0.2, -0.15) is 5.10 Å². The lowest BCUT2D eigenvalue weighted by Crippen LogP contribution is -2.33. The molecule has 0 unspecified atom stereocenters. The molecular formula is C15H23IN6. The highest BCUT2D eigenvalue weighted by atomic mass is 127. The fourth-order valence-corrected chi connectivity index (χ4v) is 2.02. The minimum Gasteiger partial charge on any atom is -0.370 e. The van der Waals surface area contributed by atoms with E-state index in [4.69, 9.17) is 5.73 Å². The molecule has 2 heterocycles. The molecule has 22 heavy (non-hydrogen) atoms. The van der Waals surface area contributed by atoms with Gasteiger partial charge in [-0.25, -0.2) is 0 Å². The van der Waals surface area contributed by atoms with Crippen LogP contribution in [-0.4, -0.2) is 34.2 Å². The minimum absolute atomic E-state index is 0. The lowest BCUT2D eigenvalue weighted by molar-refractivity contribution is 0.799. The van der Waals surface area contributed by atoms with Crippen molar-refractivity contribution in [1.29, 1.82) is 0 Å². The lowest BCUT2D eigenvalue weighted by atomic mass is 10.1. The SMILES string of the molecule is Cc1[nH]ncc1CCCN=C(N)NCCc1ccccn1.I. The number of halogens is 1. The van der Waals surface area contributed by atoms with Crippen LogP contribution in [0.15, 0.2) is 35.6 Å². The van der Waals surface area contributed by atoms with E-state index < -0.39 is 0 Å². The van der Waals surface area contributed by atoms with Crippen LogP contribution < -0.4 is 11.1 Å². The topological polar surface area (TPSA) is 92.0 Å². The van der Waals surface area contributed by atoms with Crippen LogP contribution in [0.4, 0.5) is 0 Å². The summed E-state index contributed by atoms with van der Waals surface area (Å²) in [6.07, 6.45) is 6.43. The lowest BCUT2D eigenvalue weighted by Gasteiger charge is -2.05. The summed E-state index contributed by atoms with van der Waals surface area (Å²) in [5.41, 5.74) is 9.24. The first kappa shape index (κ1) is 18.4. The number of hydrogen-bond donors (Lipinski definition) is 3. The molecule has 6 nitrogen and oxygen atoms in total. The number of nitrogens with zero attached hydrogens (tertiary/aromatic N) is 3. The summed E-state index contributed by atoms with van der Waals surface area (Å²) in [5.74, 6) is 0.495. The van der Waals surface area contributed by atoms with Gasteiger partial charge in [0.2, 0.25) is 0 Å². The molecule has 0 saturated heterocycles. The molecule has 4 N–H and O–H groups in total. The number of rotatable bonds is 7. The normalized spacial score (nSPS) is 11.0. The first-order chi connectivity index (χ1) is 10.3. The van der Waals surface area contributed by atoms with Crippen LogP contribution in [0.5, 0.6) is 0 Å². The Bertz CT molecular complexity index is 566. The van der Waals surface area contributed by atoms with E-state index in [1.165, 1.54) is 5.56 Å². The Hall–Kier alpha value is -1.64. The third kappa shape index (κ3) is 6.42. The second-order valence-corrected chi connectivity index (χ2v) is 4.89. The van der Waals surface area contributed by atoms with E-state index in [0.717, 1.165) is 37.2 Å². The first-order valence-corrected chi connectivity index (χ1v) is 7.18. The molecule has 0 aliphatic carbocycles. The Labute approximate surface area is 148 Å². The van der Waals surface area contributed by atoms with Gasteiger partial charge in [0, 0.05) is 37.1 Å². The van der Waals surface area contributed by atoms with Crippen molar-refractivity contribution in [3.63, 3.8) is 0 Å². The number of pyridine rings is 1. The van der Waals surface area contributed by atoms with Gasteiger partial charge in [-0.1, -0.05) is 6.07 Å². The molecule has 2 aromatic heterocycles. The van der Waals surface area contributed by atoms with Crippen LogP contribution in [0, 0.1) is 6.92 Å². The molecule has 2 aromatic rings. The van der Waals surface area contributed by atoms with Gasteiger partial charge >= 0.3 is 0 Å². The Morgan fingerprint density at radius 2 is 2.23 bits per heavy atom. The highest BCUT2D eigenvalue weighted by Gasteiger charge is 1.99. The fourth-order valence-electron chi connectivity index (χ4n) is 2.02. The highest BCUT2D eigenvalue weighted by molar-refractivity contribution is 14.0. The predicted molar refractivity (Wildman–Crippen MR) is 99.5 cm³/mol. The largest absolute Gasteiger partial charge is 0.370 e. The number of aliphatic imine (C=N–C) groups is 1. The third-order valence-electron chi connectivity index (χ3n) is 3.23. The molecule has 0 saturated carbocycles. The number of nitrogens with two attached hydrogens (primary N) is 1. The van der Waals surface area contributed by atoms with E-state index >= 15 is 0 Å². The van der Waals surface area contributed by atoms with Gasteiger partial charge in [-0.3, -0.25) is 15.1 Å². The van der Waals surface area contributed by atoms with E-state index in [-0.39, 0.29) is 24.0 Å². The fraction of sp³-hybridized carbons (Fsp3) is 0.400. The molecule has 0 spiro atoms. The number of aromatic amines is 1. The molecule has 0 fully saturated rings. The van der Waals surface area contributed by atoms with Crippen molar-refractivity contribution in [2.75, 3.05) is 13.1 Å². The smallest absolute Gasteiger partial charge is 0.188 e. The van der Waals surface area contributed by atoms with Crippen molar-refractivity contribution in [2.24, 2.45) is 10.7 Å². The maximum atomic E-state index is 5.83. The van der Waals surface area contributed by atoms with E-state index in [2.05, 4.69) is 25.5 Å². The van der Waals surface area contributed by atoms with Crippen molar-refractivity contribution in [3.05, 3.63) is 47.5 Å². The van der Waals surface area contributed by atoms with Crippen molar-refractivity contribution in [3.8, 4) is 0 Å². The van der Waals surface area contributed by atoms with Crippen LogP contribution >= 0.6 is 24.0 Å². The number of aryl methyl sites for hydroxylation is 2. The van der Waals surface area contributed by atoms with Gasteiger partial charge in [0.1, 0.15) is 0 Å². The van der Waals surface area contributed by atoms with Crippen molar-refractivity contribution in [1.82, 2.24) is 20.5 Å². The Balaban J connectivity index is 0.00000242. The van der Waals surface area contributed by atoms with Crippen LogP contribution in [0.1, 0.15) is 23.4 Å². The molecule has 0 aliphatic heterocycles. The number of hydrogen-bond acceptors (Lipinski definition) is 3. The summed E-state index contributed by atoms with van der Waals surface area (Å²) < 4.78 is 0. The maximum Gasteiger partial charge on any atom is 0.188 e. The second kappa shape index (κ2) is 10.1. The van der Waals surface area contributed by atoms with Gasteiger partial charge in [0.25, 0.3) is 0 Å². The van der Waals surface area contributed by atoms with Gasteiger partial charge in [0.15, 0.2) is 5.96 Å². The van der Waals surface area contributed by atoms with Crippen molar-refractivity contribution in [2.45, 2.75) is 26.2 Å². The van der Waals surface area contributed by atoms with Crippen LogP contribution in [0.2, 0.25) is 0 Å². The summed E-state index contributed by atoms with van der Waals surface area (Å²) in [6.45, 7) is 3.49. The third-order valence-corrected chi connectivity index (χ3v) is 3.23. The Kier molecular flexibility index (Phi) is 8.49. The zero-order valence-electron chi connectivity index (χ0n) is 12.7.